The third kappa shape index (κ3) is 5.83. The summed E-state index contributed by atoms with van der Waals surface area (Å²) in [7, 11) is 0. The van der Waals surface area contributed by atoms with Crippen LogP contribution in [0.3, 0.4) is 0 Å². The molecule has 2 aliphatic rings. The number of hydrogen-bond acceptors (Lipinski definition) is 4. The van der Waals surface area contributed by atoms with Crippen LogP contribution in [0, 0.1) is 0 Å². The van der Waals surface area contributed by atoms with Crippen LogP contribution >= 0.6 is 23.5 Å². The lowest BCUT2D eigenvalue weighted by Crippen LogP contribution is -2.01. The lowest BCUT2D eigenvalue weighted by atomic mass is 9.93. The summed E-state index contributed by atoms with van der Waals surface area (Å²) in [6.07, 6.45) is 4.18. The largest absolute Gasteiger partial charge is 0.456 e. The molecule has 7 heterocycles. The molecule has 2 aliphatic heterocycles. The van der Waals surface area contributed by atoms with E-state index in [0.717, 1.165) is 58.8 Å². The molecule has 7 heteroatoms. The first-order valence-corrected chi connectivity index (χ1v) is 29.8. The molecule has 0 radical (unpaired) electrons. The molecule has 5 aromatic heterocycles. The van der Waals surface area contributed by atoms with Gasteiger partial charge < -0.3 is 22.5 Å². The summed E-state index contributed by atoms with van der Waals surface area (Å²) >= 11 is 4.22. The van der Waals surface area contributed by atoms with Crippen molar-refractivity contribution in [3.05, 3.63) is 223 Å². The van der Waals surface area contributed by atoms with Crippen molar-refractivity contribution in [2.24, 2.45) is 0 Å². The molecule has 0 bridgehead atoms. The summed E-state index contributed by atoms with van der Waals surface area (Å²) in [6.45, 7) is 0. The topological polar surface area (TPSA) is 41.1 Å². The first-order valence-electron chi connectivity index (χ1n) is 27.9. The minimum absolute atomic E-state index is 0.180. The van der Waals surface area contributed by atoms with Crippen molar-refractivity contribution < 1.29 is 8.83 Å². The summed E-state index contributed by atoms with van der Waals surface area (Å²) in [5.41, 5.74) is 15.1. The minimum Gasteiger partial charge on any atom is -0.456 e. The molecule has 79 heavy (non-hydrogen) atoms. The van der Waals surface area contributed by atoms with Gasteiger partial charge in [-0.2, -0.15) is 0 Å². The van der Waals surface area contributed by atoms with Crippen LogP contribution in [-0.2, 0) is 0 Å². The number of nitrogens with zero attached hydrogens (tertiary/aromatic N) is 3. The average molecular weight is 1050 g/mol. The van der Waals surface area contributed by atoms with Gasteiger partial charge in [0.1, 0.15) is 22.3 Å². The fourth-order valence-electron chi connectivity index (χ4n) is 15.1. The van der Waals surface area contributed by atoms with Crippen molar-refractivity contribution in [1.29, 1.82) is 0 Å². The van der Waals surface area contributed by atoms with E-state index in [1.54, 1.807) is 0 Å². The normalized spacial score (nSPS) is 18.3. The Bertz CT molecular complexity index is 5340. The van der Waals surface area contributed by atoms with Gasteiger partial charge in [-0.25, -0.2) is 0 Å². The summed E-state index contributed by atoms with van der Waals surface area (Å²) in [4.78, 5) is 0. The van der Waals surface area contributed by atoms with E-state index in [1.807, 2.05) is 0 Å². The van der Waals surface area contributed by atoms with Crippen molar-refractivity contribution in [2.45, 2.75) is 46.9 Å². The fourth-order valence-corrected chi connectivity index (χ4v) is 18.3. The smallest absolute Gasteiger partial charge is 0.145 e. The molecule has 0 spiro atoms. The highest BCUT2D eigenvalue weighted by Gasteiger charge is 2.37. The summed E-state index contributed by atoms with van der Waals surface area (Å²) < 4.78 is 22.6. The van der Waals surface area contributed by atoms with Crippen LogP contribution in [0.25, 0.3) is 147 Å². The first-order chi connectivity index (χ1) is 39.2. The summed E-state index contributed by atoms with van der Waals surface area (Å²) in [6, 6.07) is 79.3. The quantitative estimate of drug-likeness (QED) is 0.161. The zero-order valence-corrected chi connectivity index (χ0v) is 44.5. The third-order valence-electron chi connectivity index (χ3n) is 18.3. The molecule has 4 unspecified atom stereocenters. The lowest BCUT2D eigenvalue weighted by Gasteiger charge is -2.19. The van der Waals surface area contributed by atoms with E-state index in [2.05, 4.69) is 250 Å². The molecule has 4 atom stereocenters. The second-order valence-electron chi connectivity index (χ2n) is 22.2. The Balaban J connectivity index is 0.910. The monoisotopic (exact) mass is 1050 g/mol. The van der Waals surface area contributed by atoms with Crippen LogP contribution in [0.5, 0.6) is 0 Å². The standard InChI is InChI=1S/C72H47N3O2S2/c1-7-22-52-43(16-1)44-17-2-8-23-53(44)74(52)63-36-34-61(78-63)50-38-58-70(72-67(50)48-20-5-11-26-59(48)77-72)69-57(73(58)56-33-31-42-29-28-40-14-13-15-41-30-32-47(56)66(42)65(40)41)39-51(71-68(69)49-21-6-12-27-60(49)76-71)62-35-37-64(79-62)75-54-24-9-3-18-45(54)46-19-4-10-25-55(46)75/h1-33,38-39,61-64H,34-37H2. The number of para-hydroxylation sites is 6. The number of rotatable bonds is 5. The molecule has 17 aromatic rings. The fraction of sp³-hybridized carbons (Fsp3) is 0.111. The molecule has 2 fully saturated rings. The van der Waals surface area contributed by atoms with Gasteiger partial charge in [0.15, 0.2) is 0 Å². The number of aromatic nitrogens is 3. The Morgan fingerprint density at radius 2 is 0.772 bits per heavy atom. The molecule has 0 saturated carbocycles. The van der Waals surface area contributed by atoms with Crippen LogP contribution < -0.4 is 0 Å². The van der Waals surface area contributed by atoms with Gasteiger partial charge in [0.05, 0.1) is 54.9 Å². The first kappa shape index (κ1) is 43.4. The van der Waals surface area contributed by atoms with E-state index in [1.165, 1.54) is 125 Å². The molecule has 12 aromatic carbocycles. The molecule has 374 valence electrons. The molecule has 0 N–H and O–H groups in total. The lowest BCUT2D eigenvalue weighted by molar-refractivity contribution is 0.645. The summed E-state index contributed by atoms with van der Waals surface area (Å²) in [5.74, 6) is 0. The Labute approximate surface area is 460 Å². The predicted molar refractivity (Wildman–Crippen MR) is 335 cm³/mol. The van der Waals surface area contributed by atoms with Crippen molar-refractivity contribution in [2.75, 3.05) is 0 Å². The molecule has 2 saturated heterocycles. The SMILES string of the molecule is c1cc2ccc3ccc(-n4c5cc(C6CCC(n7c8ccccc8c8ccccc87)S6)c6c7ccccc7oc6c5c5c6c(oc7ccccc76)c(C6CCC(n7c8ccccc8c8ccccc87)S6)cc54)c4ccc(c1)c2c34. The maximum atomic E-state index is 7.45. The van der Waals surface area contributed by atoms with Crippen molar-refractivity contribution >= 4 is 165 Å². The van der Waals surface area contributed by atoms with E-state index in [9.17, 15) is 0 Å². The Morgan fingerprint density at radius 1 is 0.316 bits per heavy atom. The molecule has 19 rings (SSSR count). The van der Waals surface area contributed by atoms with Crippen molar-refractivity contribution in [3.8, 4) is 5.69 Å². The van der Waals surface area contributed by atoms with E-state index in [0.29, 0.717) is 0 Å². The highest BCUT2D eigenvalue weighted by atomic mass is 32.2. The average Bonchev–Trinajstić information content (AvgIpc) is 3.71. The van der Waals surface area contributed by atoms with E-state index in [-0.39, 0.29) is 21.2 Å². The van der Waals surface area contributed by atoms with Gasteiger partial charge in [-0.15, -0.1) is 23.5 Å². The Morgan fingerprint density at radius 3 is 1.37 bits per heavy atom. The van der Waals surface area contributed by atoms with Crippen LogP contribution in [0.15, 0.2) is 221 Å². The Kier molecular flexibility index (Phi) is 8.79. The number of fused-ring (bicyclic) bond motifs is 17. The highest BCUT2D eigenvalue weighted by Crippen LogP contribution is 2.59. The van der Waals surface area contributed by atoms with Crippen LogP contribution in [0.1, 0.15) is 58.1 Å². The van der Waals surface area contributed by atoms with Gasteiger partial charge in [-0.3, -0.25) is 0 Å². The van der Waals surface area contributed by atoms with Crippen molar-refractivity contribution in [3.63, 3.8) is 0 Å². The van der Waals surface area contributed by atoms with E-state index in [4.69, 9.17) is 8.83 Å². The van der Waals surface area contributed by atoms with Gasteiger partial charge in [-0.05, 0) is 113 Å². The summed E-state index contributed by atoms with van der Waals surface area (Å²) in [5, 5.41) is 20.9. The van der Waals surface area contributed by atoms with Gasteiger partial charge in [-0.1, -0.05) is 158 Å². The number of furan rings is 2. The number of thioether (sulfide) groups is 2. The minimum atomic E-state index is 0.180. The molecule has 0 aliphatic carbocycles. The van der Waals surface area contributed by atoms with Crippen molar-refractivity contribution in [1.82, 2.24) is 13.7 Å². The van der Waals surface area contributed by atoms with Gasteiger partial charge >= 0.3 is 0 Å². The van der Waals surface area contributed by atoms with Gasteiger partial charge in [0.2, 0.25) is 0 Å². The zero-order chi connectivity index (χ0) is 51.2. The molecule has 5 nitrogen and oxygen atoms in total. The number of benzene rings is 12. The second-order valence-corrected chi connectivity index (χ2v) is 25.0. The highest BCUT2D eigenvalue weighted by molar-refractivity contribution is 8.00. The van der Waals surface area contributed by atoms with E-state index < -0.39 is 0 Å². The molecular formula is C72H47N3O2S2. The second kappa shape index (κ2) is 16.0. The maximum absolute atomic E-state index is 7.45. The van der Waals surface area contributed by atoms with Crippen LogP contribution in [-0.4, -0.2) is 13.7 Å². The molecule has 0 amide bonds. The van der Waals surface area contributed by atoms with E-state index >= 15 is 0 Å². The predicted octanol–water partition coefficient (Wildman–Crippen LogP) is 21.2. The molecular weight excluding hydrogens is 1000 g/mol. The van der Waals surface area contributed by atoms with Gasteiger partial charge in [0.25, 0.3) is 0 Å². The number of hydrogen-bond donors (Lipinski definition) is 0. The van der Waals surface area contributed by atoms with Gasteiger partial charge in [0, 0.05) is 69.9 Å². The van der Waals surface area contributed by atoms with Crippen LogP contribution in [0.2, 0.25) is 0 Å². The van der Waals surface area contributed by atoms with Crippen LogP contribution in [0.4, 0.5) is 0 Å². The maximum Gasteiger partial charge on any atom is 0.145 e. The third-order valence-corrected chi connectivity index (χ3v) is 21.5. The Hall–Kier alpha value is -8.62. The zero-order valence-electron chi connectivity index (χ0n) is 42.8.